The lowest BCUT2D eigenvalue weighted by Crippen LogP contribution is -2.19. The number of halogens is 1. The molecule has 1 fully saturated rings. The summed E-state index contributed by atoms with van der Waals surface area (Å²) in [5.41, 5.74) is 0.748. The second-order valence-electron chi connectivity index (χ2n) is 3.41. The van der Waals surface area contributed by atoms with Gasteiger partial charge in [-0.3, -0.25) is 4.79 Å². The number of ether oxygens (including phenoxy) is 1. The van der Waals surface area contributed by atoms with E-state index >= 15 is 0 Å². The van der Waals surface area contributed by atoms with E-state index in [1.165, 1.54) is 12.1 Å². The van der Waals surface area contributed by atoms with Gasteiger partial charge in [0.25, 0.3) is 0 Å². The Balaban J connectivity index is 2.17. The van der Waals surface area contributed by atoms with Gasteiger partial charge in [-0.1, -0.05) is 12.1 Å². The number of Topliss-reactive ketones (excluding diaryl/α,β-unsaturated/α-hetero) is 1. The summed E-state index contributed by atoms with van der Waals surface area (Å²) in [6, 6.07) is 6.22. The molecule has 1 aromatic rings. The molecular weight excluding hydrogens is 183 g/mol. The van der Waals surface area contributed by atoms with Gasteiger partial charge in [-0.05, 0) is 17.7 Å². The van der Waals surface area contributed by atoms with Crippen LogP contribution in [0.15, 0.2) is 24.3 Å². The van der Waals surface area contributed by atoms with Gasteiger partial charge in [0.05, 0.1) is 12.7 Å². The summed E-state index contributed by atoms with van der Waals surface area (Å²) in [4.78, 5) is 11.2. The lowest BCUT2D eigenvalue weighted by molar-refractivity contribution is -0.128. The number of ketones is 1. The maximum atomic E-state index is 12.9. The molecule has 0 saturated carbocycles. The maximum absolute atomic E-state index is 12.9. The molecule has 0 spiro atoms. The summed E-state index contributed by atoms with van der Waals surface area (Å²) in [6.45, 7) is 0.444. The molecule has 0 aromatic heterocycles. The Morgan fingerprint density at radius 2 is 2.29 bits per heavy atom. The molecule has 0 bridgehead atoms. The van der Waals surface area contributed by atoms with E-state index in [9.17, 15) is 9.18 Å². The van der Waals surface area contributed by atoms with Crippen molar-refractivity contribution in [3.8, 4) is 0 Å². The molecule has 3 heteroatoms. The molecule has 1 aliphatic heterocycles. The third-order valence-electron chi connectivity index (χ3n) is 2.33. The first kappa shape index (κ1) is 9.34. The van der Waals surface area contributed by atoms with E-state index in [-0.39, 0.29) is 17.7 Å². The van der Waals surface area contributed by atoms with Crippen molar-refractivity contribution in [2.45, 2.75) is 18.9 Å². The second kappa shape index (κ2) is 3.88. The summed E-state index contributed by atoms with van der Waals surface area (Å²) in [5.74, 6) is -0.102. The predicted molar refractivity (Wildman–Crippen MR) is 49.3 cm³/mol. The number of rotatable bonds is 1. The summed E-state index contributed by atoms with van der Waals surface area (Å²) in [5, 5.41) is 0. The Labute approximate surface area is 81.7 Å². The number of benzene rings is 1. The molecule has 1 heterocycles. The zero-order valence-corrected chi connectivity index (χ0v) is 7.70. The van der Waals surface area contributed by atoms with E-state index in [0.717, 1.165) is 5.56 Å². The van der Waals surface area contributed by atoms with Crippen molar-refractivity contribution in [3.63, 3.8) is 0 Å². The van der Waals surface area contributed by atoms with E-state index in [4.69, 9.17) is 4.74 Å². The first-order valence-electron chi connectivity index (χ1n) is 4.64. The molecule has 74 valence electrons. The maximum Gasteiger partial charge on any atom is 0.138 e. The number of hydrogen-bond acceptors (Lipinski definition) is 2. The van der Waals surface area contributed by atoms with E-state index in [1.807, 2.05) is 0 Å². The van der Waals surface area contributed by atoms with Gasteiger partial charge in [-0.25, -0.2) is 4.39 Å². The lowest BCUT2D eigenvalue weighted by atomic mass is 10.0. The fraction of sp³-hybridized carbons (Fsp3) is 0.364. The molecule has 0 amide bonds. The Morgan fingerprint density at radius 1 is 1.43 bits per heavy atom. The van der Waals surface area contributed by atoms with Crippen LogP contribution in [-0.2, 0) is 9.53 Å². The largest absolute Gasteiger partial charge is 0.373 e. The van der Waals surface area contributed by atoms with Crippen LogP contribution in [0.5, 0.6) is 0 Å². The zero-order valence-electron chi connectivity index (χ0n) is 7.70. The highest BCUT2D eigenvalue weighted by Crippen LogP contribution is 2.26. The van der Waals surface area contributed by atoms with Crippen LogP contribution < -0.4 is 0 Å². The molecule has 0 N–H and O–H groups in total. The van der Waals surface area contributed by atoms with E-state index in [0.29, 0.717) is 19.4 Å². The minimum absolute atomic E-state index is 0.186. The van der Waals surface area contributed by atoms with Crippen molar-refractivity contribution < 1.29 is 13.9 Å². The molecule has 0 radical (unpaired) electrons. The van der Waals surface area contributed by atoms with Gasteiger partial charge in [-0.15, -0.1) is 0 Å². The highest BCUT2D eigenvalue weighted by molar-refractivity contribution is 5.79. The Bertz CT molecular complexity index is 349. The Morgan fingerprint density at radius 3 is 3.00 bits per heavy atom. The fourth-order valence-corrected chi connectivity index (χ4v) is 1.60. The number of hydrogen-bond donors (Lipinski definition) is 0. The average Bonchev–Trinajstić information content (AvgIpc) is 2.18. The molecule has 1 aromatic carbocycles. The van der Waals surface area contributed by atoms with Gasteiger partial charge in [0.15, 0.2) is 0 Å². The summed E-state index contributed by atoms with van der Waals surface area (Å²) < 4.78 is 18.3. The van der Waals surface area contributed by atoms with Gasteiger partial charge in [0, 0.05) is 12.8 Å². The topological polar surface area (TPSA) is 26.3 Å². The van der Waals surface area contributed by atoms with Crippen LogP contribution in [0, 0.1) is 5.82 Å². The Kier molecular flexibility index (Phi) is 2.59. The van der Waals surface area contributed by atoms with Gasteiger partial charge < -0.3 is 4.74 Å². The zero-order chi connectivity index (χ0) is 9.97. The smallest absolute Gasteiger partial charge is 0.138 e. The van der Waals surface area contributed by atoms with Crippen molar-refractivity contribution in [1.29, 1.82) is 0 Å². The van der Waals surface area contributed by atoms with Crippen LogP contribution in [0.25, 0.3) is 0 Å². The van der Waals surface area contributed by atoms with Crippen LogP contribution in [-0.4, -0.2) is 12.4 Å². The molecule has 2 rings (SSSR count). The first-order valence-corrected chi connectivity index (χ1v) is 4.64. The molecule has 1 aliphatic rings. The second-order valence-corrected chi connectivity index (χ2v) is 3.41. The minimum atomic E-state index is -0.288. The summed E-state index contributed by atoms with van der Waals surface area (Å²) in [7, 11) is 0. The van der Waals surface area contributed by atoms with Crippen LogP contribution >= 0.6 is 0 Å². The average molecular weight is 194 g/mol. The monoisotopic (exact) mass is 194 g/mol. The van der Waals surface area contributed by atoms with Gasteiger partial charge in [-0.2, -0.15) is 0 Å². The summed E-state index contributed by atoms with van der Waals surface area (Å²) in [6.07, 6.45) is 0.585. The third kappa shape index (κ3) is 1.99. The van der Waals surface area contributed by atoms with Gasteiger partial charge >= 0.3 is 0 Å². The van der Waals surface area contributed by atoms with Crippen molar-refractivity contribution in [1.82, 2.24) is 0 Å². The van der Waals surface area contributed by atoms with Crippen LogP contribution in [0.2, 0.25) is 0 Å². The van der Waals surface area contributed by atoms with Crippen LogP contribution in [0.4, 0.5) is 4.39 Å². The normalized spacial score (nSPS) is 22.4. The van der Waals surface area contributed by atoms with Crippen molar-refractivity contribution in [2.24, 2.45) is 0 Å². The number of carbonyl (C=O) groups excluding carboxylic acids is 1. The van der Waals surface area contributed by atoms with Crippen LogP contribution in [0.1, 0.15) is 24.5 Å². The molecule has 14 heavy (non-hydrogen) atoms. The van der Waals surface area contributed by atoms with Gasteiger partial charge in [0.2, 0.25) is 0 Å². The van der Waals surface area contributed by atoms with E-state index in [1.54, 1.807) is 12.1 Å². The molecule has 2 nitrogen and oxygen atoms in total. The minimum Gasteiger partial charge on any atom is -0.373 e. The lowest BCUT2D eigenvalue weighted by Gasteiger charge is -2.21. The van der Waals surface area contributed by atoms with Crippen molar-refractivity contribution >= 4 is 5.78 Å². The quantitative estimate of drug-likeness (QED) is 0.685. The van der Waals surface area contributed by atoms with E-state index in [2.05, 4.69) is 0 Å². The highest BCUT2D eigenvalue weighted by Gasteiger charge is 2.21. The molecule has 1 atom stereocenters. The van der Waals surface area contributed by atoms with Gasteiger partial charge in [0.1, 0.15) is 11.6 Å². The first-order chi connectivity index (χ1) is 6.75. The van der Waals surface area contributed by atoms with Crippen molar-refractivity contribution in [2.75, 3.05) is 6.61 Å². The molecule has 0 aliphatic carbocycles. The fourth-order valence-electron chi connectivity index (χ4n) is 1.60. The molecule has 1 unspecified atom stereocenters. The molecule has 1 saturated heterocycles. The standard InChI is InChI=1S/C11H11FO2/c12-9-3-1-2-8(6-9)11-7-10(13)4-5-14-11/h1-3,6,11H,4-5,7H2. The Hall–Kier alpha value is -1.22. The van der Waals surface area contributed by atoms with Crippen LogP contribution in [0.3, 0.4) is 0 Å². The van der Waals surface area contributed by atoms with E-state index < -0.39 is 0 Å². The predicted octanol–water partition coefficient (Wildman–Crippen LogP) is 2.25. The SMILES string of the molecule is O=C1CCOC(c2cccc(F)c2)C1. The highest BCUT2D eigenvalue weighted by atomic mass is 19.1. The van der Waals surface area contributed by atoms with Crippen molar-refractivity contribution in [3.05, 3.63) is 35.6 Å². The molecular formula is C11H11FO2. The third-order valence-corrected chi connectivity index (χ3v) is 2.33. The number of carbonyl (C=O) groups is 1. The summed E-state index contributed by atoms with van der Waals surface area (Å²) >= 11 is 0.